The van der Waals surface area contributed by atoms with E-state index in [-0.39, 0.29) is 0 Å². The van der Waals surface area contributed by atoms with Gasteiger partial charge in [0.1, 0.15) is 0 Å². The maximum atomic E-state index is 5.32. The van der Waals surface area contributed by atoms with Crippen LogP contribution in [0.15, 0.2) is 11.6 Å². The Labute approximate surface area is 48.1 Å². The van der Waals surface area contributed by atoms with E-state index in [1.807, 2.05) is 0 Å². The molecule has 3 heteroatoms. The molecule has 0 spiro atoms. The van der Waals surface area contributed by atoms with Crippen LogP contribution < -0.4 is 5.48 Å². The third-order valence-corrected chi connectivity index (χ3v) is 0.542. The molecule has 0 aliphatic rings. The molecule has 0 aromatic carbocycles. The zero-order valence-corrected chi connectivity index (χ0v) is 4.96. The first kappa shape index (κ1) is 6.95. The summed E-state index contributed by atoms with van der Waals surface area (Å²) in [6.07, 6.45) is 0. The van der Waals surface area contributed by atoms with Crippen molar-refractivity contribution in [3.8, 4) is 0 Å². The summed E-state index contributed by atoms with van der Waals surface area (Å²) >= 11 is 5.32. The van der Waals surface area contributed by atoms with Gasteiger partial charge in [0.15, 0.2) is 0 Å². The largest absolute Gasteiger partial charge is 0.305 e. The van der Waals surface area contributed by atoms with Gasteiger partial charge in [-0.25, -0.2) is 0 Å². The maximum absolute atomic E-state index is 5.32. The van der Waals surface area contributed by atoms with Crippen LogP contribution in [0, 0.1) is 0 Å². The Hall–Kier alpha value is -0.0500. The summed E-state index contributed by atoms with van der Waals surface area (Å²) in [5, 5.41) is 0.543. The van der Waals surface area contributed by atoms with Gasteiger partial charge in [-0.1, -0.05) is 18.2 Å². The van der Waals surface area contributed by atoms with Crippen LogP contribution in [0.1, 0.15) is 0 Å². The second kappa shape index (κ2) is 4.12. The van der Waals surface area contributed by atoms with Crippen LogP contribution in [0.3, 0.4) is 0 Å². The monoisotopic (exact) mass is 121 g/mol. The smallest absolute Gasteiger partial charge is 0.0572 e. The van der Waals surface area contributed by atoms with E-state index < -0.39 is 0 Å². The van der Waals surface area contributed by atoms with Crippen molar-refractivity contribution >= 4 is 11.6 Å². The number of rotatable bonds is 3. The molecule has 0 unspecified atom stereocenters. The first-order valence-electron chi connectivity index (χ1n) is 1.86. The third-order valence-electron chi connectivity index (χ3n) is 0.408. The molecule has 0 fully saturated rings. The maximum Gasteiger partial charge on any atom is 0.0572 e. The fourth-order valence-corrected chi connectivity index (χ4v) is 0.205. The van der Waals surface area contributed by atoms with E-state index in [1.54, 1.807) is 0 Å². The average Bonchev–Trinajstić information content (AvgIpc) is 1.61. The van der Waals surface area contributed by atoms with Gasteiger partial charge in [0, 0.05) is 5.03 Å². The van der Waals surface area contributed by atoms with Gasteiger partial charge < -0.3 is 4.84 Å². The molecule has 0 aliphatic heterocycles. The molecule has 0 radical (unpaired) electrons. The standard InChI is InChI=1S/C4H8ClNO/c1-4(5)3-6-7-2/h6H,1,3H2,2H3. The van der Waals surface area contributed by atoms with Crippen LogP contribution in [-0.4, -0.2) is 13.7 Å². The van der Waals surface area contributed by atoms with Crippen molar-refractivity contribution in [3.63, 3.8) is 0 Å². The minimum atomic E-state index is 0.498. The van der Waals surface area contributed by atoms with Gasteiger partial charge in [-0.15, -0.1) is 0 Å². The zero-order valence-electron chi connectivity index (χ0n) is 4.20. The fraction of sp³-hybridized carbons (Fsp3) is 0.500. The van der Waals surface area contributed by atoms with Crippen molar-refractivity contribution < 1.29 is 4.84 Å². The molecule has 0 aliphatic carbocycles. The molecule has 0 aromatic rings. The van der Waals surface area contributed by atoms with E-state index in [9.17, 15) is 0 Å². The van der Waals surface area contributed by atoms with E-state index in [4.69, 9.17) is 11.6 Å². The Morgan fingerprint density at radius 2 is 2.57 bits per heavy atom. The summed E-state index contributed by atoms with van der Waals surface area (Å²) in [5.74, 6) is 0. The molecule has 0 rings (SSSR count). The van der Waals surface area contributed by atoms with E-state index in [0.717, 1.165) is 0 Å². The van der Waals surface area contributed by atoms with Crippen LogP contribution in [0.25, 0.3) is 0 Å². The second-order valence-electron chi connectivity index (χ2n) is 1.04. The predicted molar refractivity (Wildman–Crippen MR) is 30.0 cm³/mol. The molecule has 0 aromatic heterocycles. The molecule has 2 nitrogen and oxygen atoms in total. The van der Waals surface area contributed by atoms with Crippen LogP contribution in [-0.2, 0) is 4.84 Å². The lowest BCUT2D eigenvalue weighted by atomic mass is 10.6. The lowest BCUT2D eigenvalue weighted by Crippen LogP contribution is -2.12. The molecule has 42 valence electrons. The SMILES string of the molecule is C=C(Cl)CNOC. The summed E-state index contributed by atoms with van der Waals surface area (Å²) in [7, 11) is 1.53. The quantitative estimate of drug-likeness (QED) is 0.560. The highest BCUT2D eigenvalue weighted by Gasteiger charge is 1.81. The van der Waals surface area contributed by atoms with Crippen molar-refractivity contribution in [1.82, 2.24) is 5.48 Å². The third kappa shape index (κ3) is 5.95. The molecular weight excluding hydrogens is 114 g/mol. The number of hydrogen-bond donors (Lipinski definition) is 1. The Morgan fingerprint density at radius 1 is 2.00 bits per heavy atom. The fourth-order valence-electron chi connectivity index (χ4n) is 0.150. The molecule has 0 saturated heterocycles. The Morgan fingerprint density at radius 3 is 2.71 bits per heavy atom. The van der Waals surface area contributed by atoms with Gasteiger partial charge in [-0.2, -0.15) is 5.48 Å². The molecule has 0 heterocycles. The second-order valence-corrected chi connectivity index (χ2v) is 1.58. The lowest BCUT2D eigenvalue weighted by Gasteiger charge is -1.95. The van der Waals surface area contributed by atoms with Gasteiger partial charge in [0.05, 0.1) is 13.7 Å². The minimum absolute atomic E-state index is 0.498. The minimum Gasteiger partial charge on any atom is -0.305 e. The highest BCUT2D eigenvalue weighted by molar-refractivity contribution is 6.29. The van der Waals surface area contributed by atoms with Crippen LogP contribution in [0.5, 0.6) is 0 Å². The highest BCUT2D eigenvalue weighted by Crippen LogP contribution is 1.90. The molecule has 1 N–H and O–H groups in total. The first-order valence-corrected chi connectivity index (χ1v) is 2.24. The Bertz CT molecular complexity index is 64.7. The summed E-state index contributed by atoms with van der Waals surface area (Å²) in [6, 6.07) is 0. The number of hydrogen-bond acceptors (Lipinski definition) is 2. The lowest BCUT2D eigenvalue weighted by molar-refractivity contribution is 0.100. The van der Waals surface area contributed by atoms with Gasteiger partial charge in [0.25, 0.3) is 0 Å². The normalized spacial score (nSPS) is 8.86. The topological polar surface area (TPSA) is 21.3 Å². The van der Waals surface area contributed by atoms with Gasteiger partial charge >= 0.3 is 0 Å². The van der Waals surface area contributed by atoms with E-state index >= 15 is 0 Å². The number of nitrogens with one attached hydrogen (secondary N) is 1. The summed E-state index contributed by atoms with van der Waals surface area (Å²) in [6.45, 7) is 3.91. The van der Waals surface area contributed by atoms with E-state index in [1.165, 1.54) is 7.11 Å². The summed E-state index contributed by atoms with van der Waals surface area (Å²) in [5.41, 5.74) is 2.52. The number of halogens is 1. The van der Waals surface area contributed by atoms with Crippen molar-refractivity contribution in [1.29, 1.82) is 0 Å². The predicted octanol–water partition coefficient (Wildman–Crippen LogP) is 0.890. The average molecular weight is 122 g/mol. The molecular formula is C4H8ClNO. The van der Waals surface area contributed by atoms with Crippen LogP contribution in [0.4, 0.5) is 0 Å². The Kier molecular flexibility index (Phi) is 4.09. The molecule has 0 bridgehead atoms. The molecule has 7 heavy (non-hydrogen) atoms. The summed E-state index contributed by atoms with van der Waals surface area (Å²) < 4.78 is 0. The van der Waals surface area contributed by atoms with Gasteiger partial charge in [0.2, 0.25) is 0 Å². The van der Waals surface area contributed by atoms with Crippen LogP contribution >= 0.6 is 11.6 Å². The van der Waals surface area contributed by atoms with Crippen molar-refractivity contribution in [2.75, 3.05) is 13.7 Å². The first-order chi connectivity index (χ1) is 3.27. The van der Waals surface area contributed by atoms with Crippen LogP contribution in [0.2, 0.25) is 0 Å². The van der Waals surface area contributed by atoms with Gasteiger partial charge in [-0.05, 0) is 0 Å². The van der Waals surface area contributed by atoms with Gasteiger partial charge in [-0.3, -0.25) is 0 Å². The van der Waals surface area contributed by atoms with E-state index in [0.29, 0.717) is 11.6 Å². The van der Waals surface area contributed by atoms with Crippen molar-refractivity contribution in [2.24, 2.45) is 0 Å². The Balaban J connectivity index is 2.82. The number of hydroxylamine groups is 1. The molecule has 0 amide bonds. The van der Waals surface area contributed by atoms with E-state index in [2.05, 4.69) is 16.9 Å². The van der Waals surface area contributed by atoms with Crippen molar-refractivity contribution in [3.05, 3.63) is 11.6 Å². The highest BCUT2D eigenvalue weighted by atomic mass is 35.5. The zero-order chi connectivity index (χ0) is 5.70. The molecule has 0 saturated carbocycles. The van der Waals surface area contributed by atoms with Crippen molar-refractivity contribution in [2.45, 2.75) is 0 Å². The summed E-state index contributed by atoms with van der Waals surface area (Å²) in [4.78, 5) is 4.46. The molecule has 0 atom stereocenters.